The fourth-order valence-electron chi connectivity index (χ4n) is 9.46. The molecule has 0 amide bonds. The molecule has 1 heterocycles. The molecule has 0 saturated carbocycles. The fraction of sp³-hybridized carbons (Fsp3) is 0.435. The van der Waals surface area contributed by atoms with E-state index in [1.807, 2.05) is 6.20 Å². The highest BCUT2D eigenvalue weighted by Crippen LogP contribution is 2.51. The van der Waals surface area contributed by atoms with Crippen LogP contribution in [0.2, 0.25) is 11.8 Å². The van der Waals surface area contributed by atoms with Crippen molar-refractivity contribution in [2.75, 3.05) is 9.80 Å². The number of hydrogen-bond acceptors (Lipinski definition) is 2. The van der Waals surface area contributed by atoms with Crippen LogP contribution >= 0.6 is 11.6 Å². The zero-order valence-electron chi connectivity index (χ0n) is 32.7. The summed E-state index contributed by atoms with van der Waals surface area (Å²) in [4.78, 5) is 4.90. The number of halogens is 1. The quantitative estimate of drug-likeness (QED) is 0.198. The lowest BCUT2D eigenvalue weighted by Crippen LogP contribution is -2.49. The average Bonchev–Trinajstić information content (AvgIpc) is 3.03. The fourth-order valence-corrected chi connectivity index (χ4v) is 9.62. The van der Waals surface area contributed by atoms with E-state index in [1.165, 1.54) is 104 Å². The van der Waals surface area contributed by atoms with Gasteiger partial charge in [0.2, 0.25) is 6.71 Å². The summed E-state index contributed by atoms with van der Waals surface area (Å²) < 4.78 is 0. The van der Waals surface area contributed by atoms with Gasteiger partial charge in [-0.25, -0.2) is 0 Å². The van der Waals surface area contributed by atoms with Crippen LogP contribution in [0.1, 0.15) is 120 Å². The molecule has 0 aromatic heterocycles. The van der Waals surface area contributed by atoms with Gasteiger partial charge in [-0.05, 0) is 149 Å². The molecule has 0 atom stereocenters. The van der Waals surface area contributed by atoms with E-state index < -0.39 is 0 Å². The Morgan fingerprint density at radius 2 is 1.16 bits per heavy atom. The third-order valence-corrected chi connectivity index (χ3v) is 13.2. The summed E-state index contributed by atoms with van der Waals surface area (Å²) in [6.07, 6.45) is 6.80. The van der Waals surface area contributed by atoms with Crippen molar-refractivity contribution >= 4 is 57.7 Å². The van der Waals surface area contributed by atoms with Crippen molar-refractivity contribution < 1.29 is 0 Å². The van der Waals surface area contributed by atoms with Gasteiger partial charge in [0, 0.05) is 39.7 Å². The van der Waals surface area contributed by atoms with Gasteiger partial charge in [0.05, 0.1) is 0 Å². The summed E-state index contributed by atoms with van der Waals surface area (Å²) in [5.41, 5.74) is 18.9. The van der Waals surface area contributed by atoms with Crippen molar-refractivity contribution in [2.45, 2.75) is 130 Å². The van der Waals surface area contributed by atoms with E-state index in [1.54, 1.807) is 0 Å². The molecule has 2 nitrogen and oxygen atoms in total. The normalized spacial score (nSPS) is 19.2. The molecular weight excluding hydrogens is 627 g/mol. The van der Waals surface area contributed by atoms with E-state index in [0.29, 0.717) is 0 Å². The second-order valence-corrected chi connectivity index (χ2v) is 18.9. The predicted octanol–water partition coefficient (Wildman–Crippen LogP) is 12.3. The van der Waals surface area contributed by atoms with Crippen LogP contribution in [0.25, 0.3) is 0 Å². The van der Waals surface area contributed by atoms with E-state index in [9.17, 15) is 0 Å². The lowest BCUT2D eigenvalue weighted by Gasteiger charge is -2.44. The average molecular weight is 683 g/mol. The molecule has 0 unspecified atom stereocenters. The van der Waals surface area contributed by atoms with E-state index in [0.717, 1.165) is 5.02 Å². The largest absolute Gasteiger partial charge is 0.318 e. The minimum atomic E-state index is 0.0973. The summed E-state index contributed by atoms with van der Waals surface area (Å²) in [7, 11) is 0. The van der Waals surface area contributed by atoms with E-state index in [-0.39, 0.29) is 28.4 Å². The Morgan fingerprint density at radius 1 is 0.640 bits per heavy atom. The first-order chi connectivity index (χ1) is 23.3. The second-order valence-electron chi connectivity index (χ2n) is 18.4. The maximum atomic E-state index is 6.83. The van der Waals surface area contributed by atoms with E-state index in [4.69, 9.17) is 11.6 Å². The van der Waals surface area contributed by atoms with Crippen LogP contribution in [0.15, 0.2) is 67.4 Å². The summed E-state index contributed by atoms with van der Waals surface area (Å²) in [5, 5.41) is 0.761. The molecule has 4 aromatic rings. The first kappa shape index (κ1) is 35.0. The van der Waals surface area contributed by atoms with Gasteiger partial charge in [-0.2, -0.15) is 0 Å². The van der Waals surface area contributed by atoms with Gasteiger partial charge >= 0.3 is 0 Å². The Kier molecular flexibility index (Phi) is 8.08. The molecule has 260 valence electrons. The molecule has 4 aromatic carbocycles. The third kappa shape index (κ3) is 5.37. The summed E-state index contributed by atoms with van der Waals surface area (Å²) in [6.45, 7) is 33.1. The van der Waals surface area contributed by atoms with Crippen LogP contribution in [0.4, 0.5) is 28.4 Å². The molecular formula is C46H56BClN2. The van der Waals surface area contributed by atoms with Crippen molar-refractivity contribution in [1.29, 1.82) is 0 Å². The summed E-state index contributed by atoms with van der Waals surface area (Å²) >= 11 is 6.83. The molecule has 0 fully saturated rings. The van der Waals surface area contributed by atoms with Gasteiger partial charge in [0.1, 0.15) is 0 Å². The Hall–Kier alpha value is -3.43. The molecule has 1 aliphatic heterocycles. The van der Waals surface area contributed by atoms with Crippen molar-refractivity contribution in [2.24, 2.45) is 0 Å². The van der Waals surface area contributed by atoms with Crippen LogP contribution < -0.4 is 20.7 Å². The molecule has 0 radical (unpaired) electrons. The topological polar surface area (TPSA) is 6.48 Å². The van der Waals surface area contributed by atoms with Crippen LogP contribution in [0, 0.1) is 20.8 Å². The third-order valence-electron chi connectivity index (χ3n) is 12.9. The zero-order valence-corrected chi connectivity index (χ0v) is 33.4. The van der Waals surface area contributed by atoms with Gasteiger partial charge in [0.15, 0.2) is 0 Å². The minimum absolute atomic E-state index is 0.0973. The Balaban J connectivity index is 1.50. The van der Waals surface area contributed by atoms with Crippen molar-refractivity contribution in [3.8, 4) is 0 Å². The van der Waals surface area contributed by atoms with Gasteiger partial charge in [-0.3, -0.25) is 0 Å². The Bertz CT molecular complexity index is 2070. The van der Waals surface area contributed by atoms with E-state index in [2.05, 4.69) is 154 Å². The molecule has 0 bridgehead atoms. The van der Waals surface area contributed by atoms with Crippen LogP contribution in [0.3, 0.4) is 0 Å². The molecule has 0 saturated heterocycles. The molecule has 2 aliphatic carbocycles. The maximum Gasteiger partial charge on any atom is 0.214 e. The maximum absolute atomic E-state index is 6.83. The molecule has 0 N–H and O–H groups in total. The molecule has 3 aliphatic rings. The van der Waals surface area contributed by atoms with Gasteiger partial charge < -0.3 is 9.80 Å². The SMILES string of the molecule is C=CN(c1cc2c(cc1C)C(C)(C)CCC2(C)C)c1cc(C)cc2c1B(C)c1ccc(Cl)cc1N2c1cc2c(cc1C)C(C)(C)CCC2(C)C. The number of fused-ring (bicyclic) bond motifs is 4. The number of nitrogens with zero attached hydrogens (tertiary/aromatic N) is 2. The monoisotopic (exact) mass is 682 g/mol. The first-order valence-electron chi connectivity index (χ1n) is 18.7. The molecule has 4 heteroatoms. The lowest BCUT2D eigenvalue weighted by atomic mass is 9.40. The molecule has 7 rings (SSSR count). The van der Waals surface area contributed by atoms with Crippen molar-refractivity contribution in [3.63, 3.8) is 0 Å². The van der Waals surface area contributed by atoms with Gasteiger partial charge in [-0.15, -0.1) is 0 Å². The Labute approximate surface area is 308 Å². The molecule has 50 heavy (non-hydrogen) atoms. The molecule has 0 spiro atoms. The van der Waals surface area contributed by atoms with E-state index >= 15 is 0 Å². The highest BCUT2D eigenvalue weighted by atomic mass is 35.5. The number of hydrogen-bond donors (Lipinski definition) is 0. The smallest absolute Gasteiger partial charge is 0.214 e. The zero-order chi connectivity index (χ0) is 36.3. The highest BCUT2D eigenvalue weighted by Gasteiger charge is 2.41. The first-order valence-corrected chi connectivity index (χ1v) is 19.1. The van der Waals surface area contributed by atoms with Crippen LogP contribution in [0.5, 0.6) is 0 Å². The van der Waals surface area contributed by atoms with Crippen molar-refractivity contribution in [3.05, 3.63) is 111 Å². The predicted molar refractivity (Wildman–Crippen MR) is 221 cm³/mol. The number of rotatable bonds is 4. The lowest BCUT2D eigenvalue weighted by molar-refractivity contribution is 0.332. The number of anilines is 5. The second kappa shape index (κ2) is 11.5. The minimum Gasteiger partial charge on any atom is -0.318 e. The van der Waals surface area contributed by atoms with Gasteiger partial charge in [0.25, 0.3) is 0 Å². The number of aryl methyl sites for hydroxylation is 3. The number of benzene rings is 4. The summed E-state index contributed by atoms with van der Waals surface area (Å²) in [5.74, 6) is 0. The van der Waals surface area contributed by atoms with Crippen LogP contribution in [-0.2, 0) is 21.7 Å². The standard InChI is InChI=1S/C46H56BClN2/c1-14-49(37-26-34-32(23-29(37)3)43(5,6)17-19-45(34,9)10)40-21-28(2)22-41-42(40)47(13)36-16-15-31(48)25-39(36)50(41)38-27-35-33(24-30(38)4)44(7,8)18-20-46(35,11)12/h14-16,21-27H,1,17-20H2,2-13H3. The van der Waals surface area contributed by atoms with Crippen LogP contribution in [-0.4, -0.2) is 6.71 Å². The summed E-state index contributed by atoms with van der Waals surface area (Å²) in [6, 6.07) is 21.2. The highest BCUT2D eigenvalue weighted by molar-refractivity contribution is 6.88. The van der Waals surface area contributed by atoms with Crippen molar-refractivity contribution in [1.82, 2.24) is 0 Å². The van der Waals surface area contributed by atoms with Gasteiger partial charge in [-0.1, -0.05) is 104 Å². The Morgan fingerprint density at radius 3 is 1.72 bits per heavy atom.